The lowest BCUT2D eigenvalue weighted by atomic mass is 9.94. The molecule has 30 heavy (non-hydrogen) atoms. The van der Waals surface area contributed by atoms with Gasteiger partial charge in [0.15, 0.2) is 5.13 Å². The predicted molar refractivity (Wildman–Crippen MR) is 123 cm³/mol. The van der Waals surface area contributed by atoms with E-state index in [1.165, 1.54) is 32.1 Å². The first-order valence-corrected chi connectivity index (χ1v) is 11.6. The van der Waals surface area contributed by atoms with Gasteiger partial charge in [0.2, 0.25) is 0 Å². The molecule has 0 bridgehead atoms. The molecule has 1 aliphatic heterocycles. The van der Waals surface area contributed by atoms with Crippen LogP contribution >= 0.6 is 11.3 Å². The molecule has 5 nitrogen and oxygen atoms in total. The van der Waals surface area contributed by atoms with E-state index in [9.17, 15) is 4.79 Å². The van der Waals surface area contributed by atoms with Crippen LogP contribution in [0.1, 0.15) is 32.1 Å². The zero-order chi connectivity index (χ0) is 20.3. The fourth-order valence-electron chi connectivity index (χ4n) is 4.42. The fraction of sp³-hybridized carbons (Fsp3) is 0.333. The summed E-state index contributed by atoms with van der Waals surface area (Å²) in [6.45, 7) is 1.25. The number of amides is 2. The van der Waals surface area contributed by atoms with Gasteiger partial charge in [-0.2, -0.15) is 0 Å². The molecule has 154 valence electrons. The van der Waals surface area contributed by atoms with Gasteiger partial charge in [-0.15, -0.1) is 11.3 Å². The van der Waals surface area contributed by atoms with Crippen molar-refractivity contribution < 1.29 is 4.79 Å². The Hall–Kier alpha value is -2.70. The summed E-state index contributed by atoms with van der Waals surface area (Å²) in [5, 5.41) is 2.81. The highest BCUT2D eigenvalue weighted by atomic mass is 32.1. The molecule has 1 aromatic heterocycles. The van der Waals surface area contributed by atoms with Gasteiger partial charge >= 0.3 is 6.03 Å². The van der Waals surface area contributed by atoms with Crippen LogP contribution in [0.2, 0.25) is 0 Å². The third-order valence-corrected chi connectivity index (χ3v) is 6.92. The van der Waals surface area contributed by atoms with Crippen molar-refractivity contribution in [2.75, 3.05) is 23.1 Å². The molecule has 3 aromatic rings. The van der Waals surface area contributed by atoms with E-state index in [2.05, 4.69) is 17.0 Å². The van der Waals surface area contributed by atoms with Gasteiger partial charge in [-0.1, -0.05) is 67.8 Å². The summed E-state index contributed by atoms with van der Waals surface area (Å²) in [5.41, 5.74) is 2.94. The maximum absolute atomic E-state index is 13.5. The fourth-order valence-corrected chi connectivity index (χ4v) is 5.24. The van der Waals surface area contributed by atoms with Gasteiger partial charge < -0.3 is 0 Å². The summed E-state index contributed by atoms with van der Waals surface area (Å²) in [5.74, 6) is 0. The standard InChI is InChI=1S/C24H26N4OS/c29-24-27(21-14-8-3-9-15-21)17-26(20-12-6-2-7-13-20)18-28(24)23-25-22(16-30-23)19-10-4-1-5-11-19/h1,3-5,8-11,14-16,20H,2,6-7,12-13,17-18H2. The van der Waals surface area contributed by atoms with E-state index in [0.29, 0.717) is 19.4 Å². The van der Waals surface area contributed by atoms with Crippen molar-refractivity contribution in [2.24, 2.45) is 0 Å². The summed E-state index contributed by atoms with van der Waals surface area (Å²) >= 11 is 1.54. The van der Waals surface area contributed by atoms with E-state index in [-0.39, 0.29) is 6.03 Å². The summed E-state index contributed by atoms with van der Waals surface area (Å²) in [4.78, 5) is 24.5. The Morgan fingerprint density at radius 1 is 0.833 bits per heavy atom. The van der Waals surface area contributed by atoms with Gasteiger partial charge in [0, 0.05) is 22.7 Å². The van der Waals surface area contributed by atoms with Crippen LogP contribution in [0.5, 0.6) is 0 Å². The number of anilines is 2. The zero-order valence-corrected chi connectivity index (χ0v) is 17.8. The van der Waals surface area contributed by atoms with Gasteiger partial charge in [0.25, 0.3) is 0 Å². The Balaban J connectivity index is 1.46. The highest BCUT2D eigenvalue weighted by Crippen LogP contribution is 2.33. The predicted octanol–water partition coefficient (Wildman–Crippen LogP) is 5.81. The number of hydrogen-bond donors (Lipinski definition) is 0. The molecule has 0 N–H and O–H groups in total. The van der Waals surface area contributed by atoms with Crippen molar-refractivity contribution >= 4 is 28.2 Å². The zero-order valence-electron chi connectivity index (χ0n) is 17.0. The lowest BCUT2D eigenvalue weighted by Gasteiger charge is -2.45. The molecule has 1 saturated carbocycles. The number of aromatic nitrogens is 1. The first-order chi connectivity index (χ1) is 14.8. The van der Waals surface area contributed by atoms with Gasteiger partial charge in [0.05, 0.1) is 19.0 Å². The third kappa shape index (κ3) is 3.85. The van der Waals surface area contributed by atoms with Gasteiger partial charge in [-0.3, -0.25) is 14.7 Å². The summed E-state index contributed by atoms with van der Waals surface area (Å²) in [6.07, 6.45) is 6.28. The summed E-state index contributed by atoms with van der Waals surface area (Å²) in [7, 11) is 0. The molecular weight excluding hydrogens is 392 g/mol. The molecule has 2 fully saturated rings. The van der Waals surface area contributed by atoms with Crippen molar-refractivity contribution in [3.05, 3.63) is 66.0 Å². The number of rotatable bonds is 4. The Morgan fingerprint density at radius 3 is 2.23 bits per heavy atom. The lowest BCUT2D eigenvalue weighted by molar-refractivity contribution is 0.143. The lowest BCUT2D eigenvalue weighted by Crippen LogP contribution is -2.61. The molecule has 0 spiro atoms. The molecule has 1 aliphatic carbocycles. The molecule has 0 atom stereocenters. The average molecular weight is 419 g/mol. The highest BCUT2D eigenvalue weighted by molar-refractivity contribution is 7.14. The molecule has 2 aromatic carbocycles. The van der Waals surface area contributed by atoms with Crippen molar-refractivity contribution in [2.45, 2.75) is 38.1 Å². The van der Waals surface area contributed by atoms with Crippen LogP contribution in [-0.2, 0) is 0 Å². The van der Waals surface area contributed by atoms with Crippen LogP contribution < -0.4 is 9.80 Å². The average Bonchev–Trinajstić information content (AvgIpc) is 3.31. The number of carbonyl (C=O) groups excluding carboxylic acids is 1. The number of benzene rings is 2. The van der Waals surface area contributed by atoms with Crippen LogP contribution in [0.4, 0.5) is 15.6 Å². The second-order valence-corrected chi connectivity index (χ2v) is 8.86. The maximum Gasteiger partial charge on any atom is 0.333 e. The minimum Gasteiger partial charge on any atom is -0.280 e. The van der Waals surface area contributed by atoms with Crippen LogP contribution in [0, 0.1) is 0 Å². The van der Waals surface area contributed by atoms with Gasteiger partial charge in [0.1, 0.15) is 0 Å². The Kier molecular flexibility index (Phi) is 5.51. The normalized spacial score (nSPS) is 18.7. The smallest absolute Gasteiger partial charge is 0.280 e. The van der Waals surface area contributed by atoms with E-state index in [0.717, 1.165) is 22.1 Å². The summed E-state index contributed by atoms with van der Waals surface area (Å²) < 4.78 is 0. The number of carbonyl (C=O) groups is 1. The number of hydrogen-bond acceptors (Lipinski definition) is 4. The van der Waals surface area contributed by atoms with E-state index in [1.807, 2.05) is 63.7 Å². The Bertz CT molecular complexity index is 985. The molecular formula is C24H26N4OS. The largest absolute Gasteiger partial charge is 0.333 e. The van der Waals surface area contributed by atoms with E-state index >= 15 is 0 Å². The molecule has 2 amide bonds. The molecule has 2 aliphatic rings. The Morgan fingerprint density at radius 2 is 1.50 bits per heavy atom. The van der Waals surface area contributed by atoms with E-state index in [4.69, 9.17) is 4.98 Å². The number of urea groups is 1. The monoisotopic (exact) mass is 418 g/mol. The van der Waals surface area contributed by atoms with E-state index < -0.39 is 0 Å². The molecule has 1 saturated heterocycles. The van der Waals surface area contributed by atoms with Crippen LogP contribution in [0.3, 0.4) is 0 Å². The topological polar surface area (TPSA) is 39.7 Å². The molecule has 6 heteroatoms. The van der Waals surface area contributed by atoms with Gasteiger partial charge in [-0.05, 0) is 25.0 Å². The first kappa shape index (κ1) is 19.3. The van der Waals surface area contributed by atoms with Crippen molar-refractivity contribution in [3.8, 4) is 11.3 Å². The van der Waals surface area contributed by atoms with Crippen LogP contribution in [0.15, 0.2) is 66.0 Å². The number of thiazole rings is 1. The maximum atomic E-state index is 13.5. The second-order valence-electron chi connectivity index (χ2n) is 8.02. The van der Waals surface area contributed by atoms with Crippen molar-refractivity contribution in [1.82, 2.24) is 9.88 Å². The Labute approximate surface area is 181 Å². The van der Waals surface area contributed by atoms with Crippen LogP contribution in [0.25, 0.3) is 11.3 Å². The molecule has 5 rings (SSSR count). The minimum absolute atomic E-state index is 0.00206. The third-order valence-electron chi connectivity index (χ3n) is 6.06. The highest BCUT2D eigenvalue weighted by Gasteiger charge is 2.36. The molecule has 0 radical (unpaired) electrons. The number of nitrogens with zero attached hydrogens (tertiary/aromatic N) is 4. The van der Waals surface area contributed by atoms with Gasteiger partial charge in [-0.25, -0.2) is 9.78 Å². The number of para-hydroxylation sites is 1. The van der Waals surface area contributed by atoms with Crippen LogP contribution in [-0.4, -0.2) is 35.3 Å². The van der Waals surface area contributed by atoms with E-state index in [1.54, 1.807) is 11.3 Å². The SMILES string of the molecule is O=C1N(c2ccccc2)CN(C2CCCCC2)CN1c1nc(-c2ccccc2)cs1. The molecule has 0 unspecified atom stereocenters. The second kappa shape index (κ2) is 8.58. The first-order valence-electron chi connectivity index (χ1n) is 10.7. The minimum atomic E-state index is 0.00206. The van der Waals surface area contributed by atoms with Crippen molar-refractivity contribution in [1.29, 1.82) is 0 Å². The van der Waals surface area contributed by atoms with Crippen molar-refractivity contribution in [3.63, 3.8) is 0 Å². The summed E-state index contributed by atoms with van der Waals surface area (Å²) in [6, 6.07) is 20.7. The quantitative estimate of drug-likeness (QED) is 0.537. The molecule has 2 heterocycles.